The Hall–Kier alpha value is -3.57. The summed E-state index contributed by atoms with van der Waals surface area (Å²) in [5, 5.41) is 0. The van der Waals surface area contributed by atoms with Crippen LogP contribution in [-0.4, -0.2) is 40.9 Å². The molecule has 0 amide bonds. The number of Topliss-reactive ketones (excluding diaryl/α,β-unsaturated/α-hetero) is 1. The van der Waals surface area contributed by atoms with E-state index in [0.717, 1.165) is 52.3 Å². The molecule has 0 radical (unpaired) electrons. The molecule has 168 valence electrons. The lowest BCUT2D eigenvalue weighted by Gasteiger charge is -2.16. The van der Waals surface area contributed by atoms with Gasteiger partial charge >= 0.3 is 0 Å². The number of ketones is 1. The van der Waals surface area contributed by atoms with Crippen LogP contribution in [0, 0.1) is 12.9 Å². The highest BCUT2D eigenvalue weighted by molar-refractivity contribution is 5.96. The Kier molecular flexibility index (Phi) is 6.80. The normalized spacial score (nSPS) is 11.2. The molecule has 2 aromatic heterocycles. The number of hydrogen-bond acceptors (Lipinski definition) is 3. The largest absolute Gasteiger partial charge is 0.309 e. The Labute approximate surface area is 194 Å². The predicted molar refractivity (Wildman–Crippen MR) is 131 cm³/mol. The smallest absolute Gasteiger partial charge is 0.212 e. The molecule has 33 heavy (non-hydrogen) atoms. The van der Waals surface area contributed by atoms with E-state index in [4.69, 9.17) is 0 Å². The summed E-state index contributed by atoms with van der Waals surface area (Å²) in [5.41, 5.74) is 6.66. The summed E-state index contributed by atoms with van der Waals surface area (Å²) in [4.78, 5) is 18.5. The molecule has 0 atom stereocenters. The van der Waals surface area contributed by atoms with Crippen LogP contribution >= 0.6 is 0 Å². The third kappa shape index (κ3) is 5.10. The minimum atomic E-state index is -0.501. The molecule has 4 rings (SSSR count). The maximum Gasteiger partial charge on any atom is 0.212 e. The Bertz CT molecular complexity index is 1240. The first-order chi connectivity index (χ1) is 15.9. The van der Waals surface area contributed by atoms with Gasteiger partial charge in [0.05, 0.1) is 11.4 Å². The number of aryl methyl sites for hydroxylation is 1. The minimum Gasteiger partial charge on any atom is -0.309 e. The molecule has 0 aliphatic heterocycles. The van der Waals surface area contributed by atoms with E-state index in [1.165, 1.54) is 6.07 Å². The van der Waals surface area contributed by atoms with E-state index in [0.29, 0.717) is 6.42 Å². The summed E-state index contributed by atoms with van der Waals surface area (Å²) in [7, 11) is 4.03. The lowest BCUT2D eigenvalue weighted by molar-refractivity contribution is 0.0977. The van der Waals surface area contributed by atoms with Gasteiger partial charge in [-0.2, -0.15) is 4.39 Å². The van der Waals surface area contributed by atoms with E-state index in [1.807, 2.05) is 56.6 Å². The molecule has 0 unspecified atom stereocenters. The van der Waals surface area contributed by atoms with E-state index < -0.39 is 5.95 Å². The molecule has 0 fully saturated rings. The molecule has 0 aliphatic carbocycles. The van der Waals surface area contributed by atoms with Gasteiger partial charge in [-0.05, 0) is 75.4 Å². The second-order valence-electron chi connectivity index (χ2n) is 8.50. The molecule has 5 heteroatoms. The van der Waals surface area contributed by atoms with Gasteiger partial charge in [-0.25, -0.2) is 4.98 Å². The molecule has 0 N–H and O–H groups in total. The fraction of sp³-hybridized carbons (Fsp3) is 0.214. The van der Waals surface area contributed by atoms with Crippen LogP contribution in [0.1, 0.15) is 28.8 Å². The monoisotopic (exact) mass is 441 g/mol. The standard InChI is InChI=1S/C28H28FN3O/c1-20-7-4-5-8-24(20)32-25(15-16-26(32)23-14-17-28(29)30-19-23)21-10-12-22(13-11-21)27(33)9-6-18-31(2)3/h4-5,7-8,10-17,19H,6,9,18H2,1-3H3. The maximum absolute atomic E-state index is 13.4. The summed E-state index contributed by atoms with van der Waals surface area (Å²) < 4.78 is 15.6. The second kappa shape index (κ2) is 9.92. The van der Waals surface area contributed by atoms with Crippen LogP contribution in [0.2, 0.25) is 0 Å². The van der Waals surface area contributed by atoms with Crippen LogP contribution in [0.5, 0.6) is 0 Å². The van der Waals surface area contributed by atoms with Gasteiger partial charge in [0, 0.05) is 29.4 Å². The molecule has 0 saturated heterocycles. The first-order valence-electron chi connectivity index (χ1n) is 11.1. The summed E-state index contributed by atoms with van der Waals surface area (Å²) in [6, 6.07) is 23.2. The van der Waals surface area contributed by atoms with Crippen molar-refractivity contribution in [2.75, 3.05) is 20.6 Å². The molecule has 0 saturated carbocycles. The van der Waals surface area contributed by atoms with Crippen molar-refractivity contribution in [3.63, 3.8) is 0 Å². The highest BCUT2D eigenvalue weighted by atomic mass is 19.1. The molecular weight excluding hydrogens is 413 g/mol. The Morgan fingerprint density at radius 1 is 0.909 bits per heavy atom. The Morgan fingerprint density at radius 3 is 2.21 bits per heavy atom. The fourth-order valence-electron chi connectivity index (χ4n) is 4.02. The first kappa shape index (κ1) is 22.6. The number of halogens is 1. The predicted octanol–water partition coefficient (Wildman–Crippen LogP) is 6.18. The van der Waals surface area contributed by atoms with Gasteiger partial charge in [-0.15, -0.1) is 0 Å². The molecule has 2 aromatic carbocycles. The van der Waals surface area contributed by atoms with Crippen molar-refractivity contribution in [3.05, 3.63) is 96.1 Å². The van der Waals surface area contributed by atoms with Crippen LogP contribution in [0.25, 0.3) is 28.2 Å². The number of nitrogens with zero attached hydrogens (tertiary/aromatic N) is 3. The van der Waals surface area contributed by atoms with Crippen molar-refractivity contribution in [2.24, 2.45) is 0 Å². The Balaban J connectivity index is 1.71. The van der Waals surface area contributed by atoms with E-state index in [-0.39, 0.29) is 5.78 Å². The molecule has 4 aromatic rings. The fourth-order valence-corrected chi connectivity index (χ4v) is 4.02. The highest BCUT2D eigenvalue weighted by Crippen LogP contribution is 2.33. The second-order valence-corrected chi connectivity index (χ2v) is 8.50. The van der Waals surface area contributed by atoms with Crippen LogP contribution in [0.15, 0.2) is 79.0 Å². The van der Waals surface area contributed by atoms with E-state index >= 15 is 0 Å². The average molecular weight is 442 g/mol. The average Bonchev–Trinajstić information content (AvgIpc) is 3.24. The quantitative estimate of drug-likeness (QED) is 0.242. The highest BCUT2D eigenvalue weighted by Gasteiger charge is 2.16. The maximum atomic E-state index is 13.4. The zero-order valence-corrected chi connectivity index (χ0v) is 19.3. The number of benzene rings is 2. The number of carbonyl (C=O) groups is 1. The van der Waals surface area contributed by atoms with Crippen LogP contribution in [0.4, 0.5) is 4.39 Å². The lowest BCUT2D eigenvalue weighted by Crippen LogP contribution is -2.14. The summed E-state index contributed by atoms with van der Waals surface area (Å²) in [6.45, 7) is 2.97. The van der Waals surface area contributed by atoms with Crippen molar-refractivity contribution >= 4 is 5.78 Å². The van der Waals surface area contributed by atoms with Crippen molar-refractivity contribution in [1.29, 1.82) is 0 Å². The molecule has 0 aliphatic rings. The molecule has 4 nitrogen and oxygen atoms in total. The van der Waals surface area contributed by atoms with Crippen LogP contribution in [-0.2, 0) is 0 Å². The number of aromatic nitrogens is 2. The van der Waals surface area contributed by atoms with Crippen LogP contribution < -0.4 is 0 Å². The van der Waals surface area contributed by atoms with Gasteiger partial charge in [0.25, 0.3) is 0 Å². The Morgan fingerprint density at radius 2 is 1.58 bits per heavy atom. The van der Waals surface area contributed by atoms with Gasteiger partial charge in [0.15, 0.2) is 5.78 Å². The number of para-hydroxylation sites is 1. The van der Waals surface area contributed by atoms with Gasteiger partial charge in [0.2, 0.25) is 5.95 Å². The summed E-state index contributed by atoms with van der Waals surface area (Å²) >= 11 is 0. The minimum absolute atomic E-state index is 0.163. The van der Waals surface area contributed by atoms with Gasteiger partial charge in [-0.3, -0.25) is 4.79 Å². The van der Waals surface area contributed by atoms with Crippen molar-refractivity contribution in [3.8, 4) is 28.2 Å². The molecule has 2 heterocycles. The van der Waals surface area contributed by atoms with Crippen molar-refractivity contribution in [1.82, 2.24) is 14.5 Å². The third-order valence-corrected chi connectivity index (χ3v) is 5.77. The first-order valence-corrected chi connectivity index (χ1v) is 11.1. The number of hydrogen-bond donors (Lipinski definition) is 0. The van der Waals surface area contributed by atoms with E-state index in [1.54, 1.807) is 12.3 Å². The summed E-state index contributed by atoms with van der Waals surface area (Å²) in [6.07, 6.45) is 2.94. The molecular formula is C28H28FN3O. The van der Waals surface area contributed by atoms with Crippen LogP contribution in [0.3, 0.4) is 0 Å². The van der Waals surface area contributed by atoms with Crippen molar-refractivity contribution < 1.29 is 9.18 Å². The molecule has 0 spiro atoms. The van der Waals surface area contributed by atoms with Gasteiger partial charge in [0.1, 0.15) is 0 Å². The van der Waals surface area contributed by atoms with Crippen molar-refractivity contribution in [2.45, 2.75) is 19.8 Å². The zero-order valence-electron chi connectivity index (χ0n) is 19.3. The topological polar surface area (TPSA) is 38.1 Å². The SMILES string of the molecule is Cc1ccccc1-n1c(-c2ccc(C(=O)CCCN(C)C)cc2)ccc1-c1ccc(F)nc1. The van der Waals surface area contributed by atoms with Gasteiger partial charge < -0.3 is 9.47 Å². The number of carbonyl (C=O) groups excluding carboxylic acids is 1. The lowest BCUT2D eigenvalue weighted by atomic mass is 10.0. The van der Waals surface area contributed by atoms with Gasteiger partial charge in [-0.1, -0.05) is 42.5 Å². The molecule has 0 bridgehead atoms. The van der Waals surface area contributed by atoms with E-state index in [9.17, 15) is 9.18 Å². The summed E-state index contributed by atoms with van der Waals surface area (Å²) in [5.74, 6) is -0.338. The number of rotatable bonds is 8. The zero-order chi connectivity index (χ0) is 23.4. The third-order valence-electron chi connectivity index (χ3n) is 5.77. The number of pyridine rings is 1. The van der Waals surface area contributed by atoms with E-state index in [2.05, 4.69) is 39.6 Å².